The van der Waals surface area contributed by atoms with E-state index in [0.717, 1.165) is 32.5 Å². The summed E-state index contributed by atoms with van der Waals surface area (Å²) in [6, 6.07) is 1.69. The lowest BCUT2D eigenvalue weighted by atomic mass is 9.98. The van der Waals surface area contributed by atoms with E-state index >= 15 is 0 Å². The van der Waals surface area contributed by atoms with Crippen LogP contribution in [0.3, 0.4) is 0 Å². The van der Waals surface area contributed by atoms with Gasteiger partial charge in [-0.25, -0.2) is 4.98 Å². The van der Waals surface area contributed by atoms with Gasteiger partial charge in [-0.2, -0.15) is 0 Å². The van der Waals surface area contributed by atoms with Crippen LogP contribution in [0.2, 0.25) is 5.02 Å². The number of carbonyl (C=O) groups is 1. The molecule has 1 aliphatic heterocycles. The maximum Gasteiger partial charge on any atom is 0.255 e. The predicted octanol–water partition coefficient (Wildman–Crippen LogP) is 2.67. The molecular weight excluding hydrogens is 290 g/mol. The van der Waals surface area contributed by atoms with Crippen LogP contribution < -0.4 is 5.32 Å². The summed E-state index contributed by atoms with van der Waals surface area (Å²) in [5.41, 5.74) is 0.541. The molecule has 1 aromatic heterocycles. The molecule has 0 spiro atoms. The molecule has 1 aliphatic rings. The smallest absolute Gasteiger partial charge is 0.255 e. The van der Waals surface area contributed by atoms with Crippen LogP contribution in [0.5, 0.6) is 0 Å². The molecule has 2 heterocycles. The average molecular weight is 312 g/mol. The van der Waals surface area contributed by atoms with Gasteiger partial charge in [0.1, 0.15) is 5.82 Å². The minimum absolute atomic E-state index is 0.00625. The maximum atomic E-state index is 12.5. The number of pyridine rings is 1. The first kappa shape index (κ1) is 16.0. The molecule has 21 heavy (non-hydrogen) atoms. The Bertz CT molecular complexity index is 494. The maximum absolute atomic E-state index is 12.5. The van der Waals surface area contributed by atoms with Crippen LogP contribution in [0, 0.1) is 5.92 Å². The van der Waals surface area contributed by atoms with E-state index in [1.165, 1.54) is 0 Å². The van der Waals surface area contributed by atoms with Gasteiger partial charge in [-0.05, 0) is 31.7 Å². The number of carbonyl (C=O) groups excluding carboxylic acids is 1. The molecule has 1 N–H and O–H groups in total. The van der Waals surface area contributed by atoms with Gasteiger partial charge in [-0.1, -0.05) is 11.6 Å². The molecule has 0 radical (unpaired) electrons. The van der Waals surface area contributed by atoms with Crippen LogP contribution in [0.25, 0.3) is 0 Å². The van der Waals surface area contributed by atoms with E-state index in [2.05, 4.69) is 10.3 Å². The monoisotopic (exact) mass is 311 g/mol. The first-order valence-corrected chi connectivity index (χ1v) is 7.71. The van der Waals surface area contributed by atoms with Crippen molar-refractivity contribution in [2.24, 2.45) is 5.92 Å². The van der Waals surface area contributed by atoms with Gasteiger partial charge in [0, 0.05) is 32.9 Å². The number of halogens is 1. The Morgan fingerprint density at radius 3 is 3.10 bits per heavy atom. The highest BCUT2D eigenvalue weighted by Crippen LogP contribution is 2.23. The van der Waals surface area contributed by atoms with Gasteiger partial charge >= 0.3 is 0 Å². The number of likely N-dealkylation sites (tertiary alicyclic amines) is 1. The molecule has 116 valence electrons. The lowest BCUT2D eigenvalue weighted by Crippen LogP contribution is -2.41. The van der Waals surface area contributed by atoms with Crippen LogP contribution >= 0.6 is 11.6 Å². The molecule has 0 saturated carbocycles. The molecule has 0 aromatic carbocycles. The number of hydrogen-bond acceptors (Lipinski definition) is 4. The molecule has 1 aromatic rings. The minimum Gasteiger partial charge on any atom is -0.384 e. The highest BCUT2D eigenvalue weighted by atomic mass is 35.5. The first-order valence-electron chi connectivity index (χ1n) is 7.33. The number of ether oxygens (including phenoxy) is 1. The summed E-state index contributed by atoms with van der Waals surface area (Å²) in [6.07, 6.45) is 3.71. The van der Waals surface area contributed by atoms with E-state index in [-0.39, 0.29) is 5.91 Å². The Morgan fingerprint density at radius 1 is 1.62 bits per heavy atom. The second-order valence-electron chi connectivity index (χ2n) is 5.30. The summed E-state index contributed by atoms with van der Waals surface area (Å²) in [6.45, 7) is 4.93. The van der Waals surface area contributed by atoms with E-state index in [1.807, 2.05) is 11.8 Å². The van der Waals surface area contributed by atoms with Crippen molar-refractivity contribution in [3.05, 3.63) is 22.8 Å². The number of aromatic nitrogens is 1. The second kappa shape index (κ2) is 7.61. The summed E-state index contributed by atoms with van der Waals surface area (Å²) in [7, 11) is 1.70. The van der Waals surface area contributed by atoms with Gasteiger partial charge in [0.05, 0.1) is 17.2 Å². The number of piperidine rings is 1. The van der Waals surface area contributed by atoms with Crippen molar-refractivity contribution in [2.45, 2.75) is 19.8 Å². The molecule has 5 nitrogen and oxygen atoms in total. The number of rotatable bonds is 5. The first-order chi connectivity index (χ1) is 10.2. The van der Waals surface area contributed by atoms with Gasteiger partial charge in [-0.15, -0.1) is 0 Å². The topological polar surface area (TPSA) is 54.5 Å². The summed E-state index contributed by atoms with van der Waals surface area (Å²) in [4.78, 5) is 18.6. The zero-order chi connectivity index (χ0) is 15.2. The van der Waals surface area contributed by atoms with Crippen molar-refractivity contribution >= 4 is 23.3 Å². The van der Waals surface area contributed by atoms with Crippen molar-refractivity contribution in [1.82, 2.24) is 9.88 Å². The van der Waals surface area contributed by atoms with E-state index in [4.69, 9.17) is 16.3 Å². The van der Waals surface area contributed by atoms with Crippen LogP contribution in [-0.2, 0) is 4.74 Å². The van der Waals surface area contributed by atoms with Gasteiger partial charge in [0.15, 0.2) is 0 Å². The molecule has 1 amide bonds. The van der Waals surface area contributed by atoms with Crippen molar-refractivity contribution in [3.8, 4) is 0 Å². The Morgan fingerprint density at radius 2 is 2.43 bits per heavy atom. The third kappa shape index (κ3) is 4.08. The van der Waals surface area contributed by atoms with E-state index < -0.39 is 0 Å². The Labute approximate surface area is 130 Å². The summed E-state index contributed by atoms with van der Waals surface area (Å²) < 4.78 is 5.20. The van der Waals surface area contributed by atoms with Gasteiger partial charge < -0.3 is 15.0 Å². The van der Waals surface area contributed by atoms with E-state index in [0.29, 0.717) is 28.9 Å². The van der Waals surface area contributed by atoms with Crippen molar-refractivity contribution < 1.29 is 9.53 Å². The SMILES string of the molecule is CCNc1ncc(C(=O)N2CCCC(COC)C2)cc1Cl. The highest BCUT2D eigenvalue weighted by Gasteiger charge is 2.25. The van der Waals surface area contributed by atoms with Crippen molar-refractivity contribution in [3.63, 3.8) is 0 Å². The molecular formula is C15H22ClN3O2. The molecule has 1 unspecified atom stereocenters. The lowest BCUT2D eigenvalue weighted by Gasteiger charge is -2.32. The number of nitrogens with zero attached hydrogens (tertiary/aromatic N) is 2. The lowest BCUT2D eigenvalue weighted by molar-refractivity contribution is 0.0570. The fraction of sp³-hybridized carbons (Fsp3) is 0.600. The molecule has 0 aliphatic carbocycles. The molecule has 1 fully saturated rings. The quantitative estimate of drug-likeness (QED) is 0.908. The van der Waals surface area contributed by atoms with Crippen molar-refractivity contribution in [2.75, 3.05) is 38.7 Å². The minimum atomic E-state index is -0.00625. The molecule has 6 heteroatoms. The standard InChI is InChI=1S/C15H22ClN3O2/c1-3-17-14-13(16)7-12(8-18-14)15(20)19-6-4-5-11(9-19)10-21-2/h7-8,11H,3-6,9-10H2,1-2H3,(H,17,18). The number of anilines is 1. The fourth-order valence-electron chi connectivity index (χ4n) is 2.66. The van der Waals surface area contributed by atoms with Crippen molar-refractivity contribution in [1.29, 1.82) is 0 Å². The zero-order valence-electron chi connectivity index (χ0n) is 12.6. The Balaban J connectivity index is 2.07. The van der Waals surface area contributed by atoms with E-state index in [1.54, 1.807) is 19.4 Å². The zero-order valence-corrected chi connectivity index (χ0v) is 13.3. The van der Waals surface area contributed by atoms with Crippen LogP contribution in [0.1, 0.15) is 30.1 Å². The molecule has 0 bridgehead atoms. The van der Waals surface area contributed by atoms with Crippen LogP contribution in [-0.4, -0.2) is 49.1 Å². The fourth-order valence-corrected chi connectivity index (χ4v) is 2.89. The normalized spacial score (nSPS) is 18.6. The molecule has 1 saturated heterocycles. The number of amides is 1. The van der Waals surface area contributed by atoms with Gasteiger partial charge in [-0.3, -0.25) is 4.79 Å². The molecule has 2 rings (SSSR count). The third-order valence-corrected chi connectivity index (χ3v) is 3.93. The Kier molecular flexibility index (Phi) is 5.82. The number of hydrogen-bond donors (Lipinski definition) is 1. The summed E-state index contributed by atoms with van der Waals surface area (Å²) in [5, 5.41) is 3.54. The van der Waals surface area contributed by atoms with E-state index in [9.17, 15) is 4.79 Å². The third-order valence-electron chi connectivity index (χ3n) is 3.64. The van der Waals surface area contributed by atoms with Gasteiger partial charge in [0.25, 0.3) is 5.91 Å². The molecule has 1 atom stereocenters. The largest absolute Gasteiger partial charge is 0.384 e. The predicted molar refractivity (Wildman–Crippen MR) is 83.9 cm³/mol. The van der Waals surface area contributed by atoms with Crippen LogP contribution in [0.15, 0.2) is 12.3 Å². The summed E-state index contributed by atoms with van der Waals surface area (Å²) >= 11 is 6.15. The van der Waals surface area contributed by atoms with Gasteiger partial charge in [0.2, 0.25) is 0 Å². The number of methoxy groups -OCH3 is 1. The summed E-state index contributed by atoms with van der Waals surface area (Å²) in [5.74, 6) is 1.03. The Hall–Kier alpha value is -1.33. The average Bonchev–Trinajstić information content (AvgIpc) is 2.49. The second-order valence-corrected chi connectivity index (χ2v) is 5.71. The van der Waals surface area contributed by atoms with Crippen LogP contribution in [0.4, 0.5) is 5.82 Å². The number of nitrogens with one attached hydrogen (secondary N) is 1. The highest BCUT2D eigenvalue weighted by molar-refractivity contribution is 6.33.